The first-order chi connectivity index (χ1) is 10.1. The molecule has 0 bridgehead atoms. The van der Waals surface area contributed by atoms with E-state index in [-0.39, 0.29) is 11.8 Å². The van der Waals surface area contributed by atoms with Gasteiger partial charge in [-0.1, -0.05) is 6.92 Å². The Hall–Kier alpha value is -1.14. The number of hydrogen-bond acceptors (Lipinski definition) is 4. The number of piperidine rings is 1. The van der Waals surface area contributed by atoms with E-state index in [9.17, 15) is 9.59 Å². The molecular formula is C15H27N3O3. The van der Waals surface area contributed by atoms with Gasteiger partial charge in [-0.2, -0.15) is 0 Å². The molecule has 0 aliphatic carbocycles. The van der Waals surface area contributed by atoms with Crippen LogP contribution in [0.25, 0.3) is 0 Å². The highest BCUT2D eigenvalue weighted by Crippen LogP contribution is 2.29. The van der Waals surface area contributed by atoms with E-state index >= 15 is 0 Å². The van der Waals surface area contributed by atoms with Gasteiger partial charge in [-0.15, -0.1) is 0 Å². The average molecular weight is 297 g/mol. The first kappa shape index (κ1) is 16.2. The molecule has 2 aliphatic heterocycles. The minimum atomic E-state index is -0.489. The lowest BCUT2D eigenvalue weighted by molar-refractivity contribution is -0.156. The Morgan fingerprint density at radius 3 is 2.95 bits per heavy atom. The molecule has 2 amide bonds. The van der Waals surface area contributed by atoms with Crippen LogP contribution in [0.4, 0.5) is 0 Å². The Kier molecular flexibility index (Phi) is 5.58. The van der Waals surface area contributed by atoms with Crippen molar-refractivity contribution in [3.63, 3.8) is 0 Å². The molecule has 2 heterocycles. The Morgan fingerprint density at radius 1 is 1.48 bits per heavy atom. The van der Waals surface area contributed by atoms with Gasteiger partial charge in [0.15, 0.2) is 0 Å². The first-order valence-corrected chi connectivity index (χ1v) is 7.96. The second-order valence-corrected chi connectivity index (χ2v) is 6.22. The summed E-state index contributed by atoms with van der Waals surface area (Å²) in [5, 5.41) is 6.17. The Bertz CT molecular complexity index is 380. The van der Waals surface area contributed by atoms with Crippen LogP contribution in [0.1, 0.15) is 33.1 Å². The number of ether oxygens (including phenoxy) is 1. The fourth-order valence-electron chi connectivity index (χ4n) is 3.02. The van der Waals surface area contributed by atoms with Gasteiger partial charge in [0.25, 0.3) is 0 Å². The molecule has 2 aliphatic rings. The van der Waals surface area contributed by atoms with E-state index in [1.807, 2.05) is 13.8 Å². The van der Waals surface area contributed by atoms with Crippen molar-refractivity contribution in [1.82, 2.24) is 15.5 Å². The van der Waals surface area contributed by atoms with Crippen molar-refractivity contribution >= 4 is 11.8 Å². The van der Waals surface area contributed by atoms with Crippen molar-refractivity contribution in [2.24, 2.45) is 5.41 Å². The van der Waals surface area contributed by atoms with Gasteiger partial charge in [-0.05, 0) is 32.7 Å². The summed E-state index contributed by atoms with van der Waals surface area (Å²) in [5.41, 5.74) is -0.404. The van der Waals surface area contributed by atoms with Gasteiger partial charge in [0, 0.05) is 19.6 Å². The molecule has 0 aromatic heterocycles. The zero-order valence-electron chi connectivity index (χ0n) is 13.1. The van der Waals surface area contributed by atoms with Crippen LogP contribution >= 0.6 is 0 Å². The Balaban J connectivity index is 2.06. The molecule has 2 unspecified atom stereocenters. The topological polar surface area (TPSA) is 70.7 Å². The number of carbonyl (C=O) groups excluding carboxylic acids is 2. The third-order valence-electron chi connectivity index (χ3n) is 4.35. The quantitative estimate of drug-likeness (QED) is 0.774. The molecule has 6 nitrogen and oxygen atoms in total. The summed E-state index contributed by atoms with van der Waals surface area (Å²) in [7, 11) is 0. The summed E-state index contributed by atoms with van der Waals surface area (Å²) in [6.45, 7) is 7.60. The van der Waals surface area contributed by atoms with Crippen molar-refractivity contribution < 1.29 is 14.3 Å². The van der Waals surface area contributed by atoms with E-state index in [0.29, 0.717) is 32.8 Å². The maximum absolute atomic E-state index is 12.9. The minimum Gasteiger partial charge on any atom is -0.377 e. The highest BCUT2D eigenvalue weighted by atomic mass is 16.5. The fraction of sp³-hybridized carbons (Fsp3) is 0.867. The largest absolute Gasteiger partial charge is 0.377 e. The van der Waals surface area contributed by atoms with Crippen molar-refractivity contribution in [2.75, 3.05) is 39.4 Å². The molecule has 0 aromatic carbocycles. The van der Waals surface area contributed by atoms with Gasteiger partial charge in [0.05, 0.1) is 18.6 Å². The molecular weight excluding hydrogens is 270 g/mol. The van der Waals surface area contributed by atoms with Crippen LogP contribution in [0.2, 0.25) is 0 Å². The molecule has 0 radical (unpaired) electrons. The normalized spacial score (nSPS) is 30.0. The van der Waals surface area contributed by atoms with Crippen LogP contribution in [-0.2, 0) is 14.3 Å². The zero-order valence-corrected chi connectivity index (χ0v) is 13.1. The van der Waals surface area contributed by atoms with Gasteiger partial charge in [-0.3, -0.25) is 9.59 Å². The van der Waals surface area contributed by atoms with E-state index in [1.165, 1.54) is 0 Å². The molecule has 2 saturated heterocycles. The molecule has 120 valence electrons. The lowest BCUT2D eigenvalue weighted by Gasteiger charge is -2.42. The molecule has 0 saturated carbocycles. The van der Waals surface area contributed by atoms with Crippen molar-refractivity contribution in [3.05, 3.63) is 0 Å². The molecule has 0 spiro atoms. The second kappa shape index (κ2) is 7.22. The Morgan fingerprint density at radius 2 is 2.29 bits per heavy atom. The van der Waals surface area contributed by atoms with Crippen molar-refractivity contribution in [1.29, 1.82) is 0 Å². The number of nitrogens with zero attached hydrogens (tertiary/aromatic N) is 1. The lowest BCUT2D eigenvalue weighted by Crippen LogP contribution is -2.60. The van der Waals surface area contributed by atoms with Crippen molar-refractivity contribution in [3.8, 4) is 0 Å². The summed E-state index contributed by atoms with van der Waals surface area (Å²) >= 11 is 0. The van der Waals surface area contributed by atoms with E-state index in [4.69, 9.17) is 4.74 Å². The van der Waals surface area contributed by atoms with E-state index < -0.39 is 11.5 Å². The number of nitrogens with one attached hydrogen (secondary N) is 2. The van der Waals surface area contributed by atoms with Gasteiger partial charge in [0.1, 0.15) is 6.04 Å². The van der Waals surface area contributed by atoms with Gasteiger partial charge in [0.2, 0.25) is 11.8 Å². The molecule has 21 heavy (non-hydrogen) atoms. The van der Waals surface area contributed by atoms with Crippen LogP contribution in [0.5, 0.6) is 0 Å². The highest BCUT2D eigenvalue weighted by molar-refractivity contribution is 5.90. The monoisotopic (exact) mass is 297 g/mol. The maximum atomic E-state index is 12.9. The summed E-state index contributed by atoms with van der Waals surface area (Å²) in [6.07, 6.45) is 2.76. The van der Waals surface area contributed by atoms with Crippen molar-refractivity contribution in [2.45, 2.75) is 39.2 Å². The first-order valence-electron chi connectivity index (χ1n) is 7.96. The second-order valence-electron chi connectivity index (χ2n) is 6.22. The van der Waals surface area contributed by atoms with Crippen LogP contribution in [0.3, 0.4) is 0 Å². The summed E-state index contributed by atoms with van der Waals surface area (Å²) < 4.78 is 5.41. The number of rotatable bonds is 4. The van der Waals surface area contributed by atoms with Gasteiger partial charge in [-0.25, -0.2) is 0 Å². The standard InChI is InChI=1S/C15H27N3O3/c1-3-6-17-13(19)12-10-21-9-8-18(12)14(20)15(2)5-4-7-16-11-15/h12,16H,3-11H2,1-2H3,(H,17,19). The smallest absolute Gasteiger partial charge is 0.245 e. The predicted molar refractivity (Wildman–Crippen MR) is 79.8 cm³/mol. The van der Waals surface area contributed by atoms with E-state index in [1.54, 1.807) is 4.90 Å². The average Bonchev–Trinajstić information content (AvgIpc) is 2.52. The minimum absolute atomic E-state index is 0.0784. The molecule has 2 atom stereocenters. The summed E-state index contributed by atoms with van der Waals surface area (Å²) in [4.78, 5) is 26.9. The molecule has 2 rings (SSSR count). The maximum Gasteiger partial charge on any atom is 0.245 e. The van der Waals surface area contributed by atoms with E-state index in [2.05, 4.69) is 10.6 Å². The fourth-order valence-corrected chi connectivity index (χ4v) is 3.02. The SMILES string of the molecule is CCCNC(=O)C1COCCN1C(=O)C1(C)CCCNC1. The zero-order chi connectivity index (χ0) is 15.3. The van der Waals surface area contributed by atoms with Crippen LogP contribution in [0.15, 0.2) is 0 Å². The predicted octanol–water partition coefficient (Wildman–Crippen LogP) is 0.130. The third-order valence-corrected chi connectivity index (χ3v) is 4.35. The summed E-state index contributed by atoms with van der Waals surface area (Å²) in [6, 6.07) is -0.489. The molecule has 0 aromatic rings. The lowest BCUT2D eigenvalue weighted by atomic mass is 9.81. The van der Waals surface area contributed by atoms with Crippen LogP contribution in [0, 0.1) is 5.41 Å². The Labute approximate surface area is 126 Å². The van der Waals surface area contributed by atoms with Crippen LogP contribution < -0.4 is 10.6 Å². The van der Waals surface area contributed by atoms with Gasteiger partial charge >= 0.3 is 0 Å². The van der Waals surface area contributed by atoms with E-state index in [0.717, 1.165) is 25.8 Å². The number of amides is 2. The number of hydrogen-bond donors (Lipinski definition) is 2. The summed E-state index contributed by atoms with van der Waals surface area (Å²) in [5.74, 6) is -0.0214. The molecule has 6 heteroatoms. The number of carbonyl (C=O) groups is 2. The van der Waals surface area contributed by atoms with Crippen LogP contribution in [-0.4, -0.2) is 62.1 Å². The highest BCUT2D eigenvalue weighted by Gasteiger charge is 2.42. The molecule has 2 N–H and O–H groups in total. The molecule has 2 fully saturated rings. The third kappa shape index (κ3) is 3.74. The number of morpholine rings is 1. The van der Waals surface area contributed by atoms with Gasteiger partial charge < -0.3 is 20.3 Å².